The number of rotatable bonds is 4. The van der Waals surface area contributed by atoms with Crippen molar-refractivity contribution in [2.75, 3.05) is 19.8 Å². The number of hydrogen-bond acceptors (Lipinski definition) is 3. The van der Waals surface area contributed by atoms with Crippen LogP contribution < -0.4 is 5.73 Å². The van der Waals surface area contributed by atoms with Gasteiger partial charge in [-0.1, -0.05) is 6.92 Å². The summed E-state index contributed by atoms with van der Waals surface area (Å²) in [7, 11) is 0. The fourth-order valence-corrected chi connectivity index (χ4v) is 2.86. The summed E-state index contributed by atoms with van der Waals surface area (Å²) in [6.45, 7) is 4.97. The monoisotopic (exact) mass is 189 g/mol. The minimum atomic E-state index is 0.696. The second kappa shape index (κ2) is 5.84. The molecule has 0 radical (unpaired) electrons. The van der Waals surface area contributed by atoms with Crippen molar-refractivity contribution >= 4 is 11.8 Å². The van der Waals surface area contributed by atoms with Gasteiger partial charge in [0.05, 0.1) is 6.61 Å². The molecule has 1 heterocycles. The molecule has 1 fully saturated rings. The Labute approximate surface area is 79.2 Å². The molecule has 2 nitrogen and oxygen atoms in total. The molecule has 0 aromatic rings. The summed E-state index contributed by atoms with van der Waals surface area (Å²) in [5, 5.41) is 1.42. The van der Waals surface area contributed by atoms with Gasteiger partial charge in [-0.05, 0) is 25.8 Å². The number of nitrogens with two attached hydrogens (primary N) is 1. The lowest BCUT2D eigenvalue weighted by Gasteiger charge is -2.24. The van der Waals surface area contributed by atoms with Gasteiger partial charge in [0.2, 0.25) is 0 Å². The minimum absolute atomic E-state index is 0.696. The van der Waals surface area contributed by atoms with E-state index in [0.717, 1.165) is 31.4 Å². The third-order valence-corrected chi connectivity index (χ3v) is 3.57. The van der Waals surface area contributed by atoms with E-state index in [4.69, 9.17) is 10.5 Å². The normalized spacial score (nSPS) is 27.0. The highest BCUT2D eigenvalue weighted by Crippen LogP contribution is 2.25. The lowest BCUT2D eigenvalue weighted by Crippen LogP contribution is -2.22. The van der Waals surface area contributed by atoms with E-state index in [1.807, 2.05) is 11.8 Å². The number of thioether (sulfide) groups is 1. The Hall–Kier alpha value is 0.270. The summed E-state index contributed by atoms with van der Waals surface area (Å²) in [4.78, 5) is 0. The van der Waals surface area contributed by atoms with E-state index in [0.29, 0.717) is 5.25 Å². The van der Waals surface area contributed by atoms with Crippen molar-refractivity contribution in [2.45, 2.75) is 36.7 Å². The molecule has 2 unspecified atom stereocenters. The average Bonchev–Trinajstić information content (AvgIpc) is 2.06. The first-order chi connectivity index (χ1) is 5.83. The van der Waals surface area contributed by atoms with Gasteiger partial charge >= 0.3 is 0 Å². The molecule has 0 spiro atoms. The van der Waals surface area contributed by atoms with Crippen molar-refractivity contribution in [3.63, 3.8) is 0 Å². The van der Waals surface area contributed by atoms with Crippen LogP contribution in [0.2, 0.25) is 0 Å². The summed E-state index contributed by atoms with van der Waals surface area (Å²) < 4.78 is 5.41. The van der Waals surface area contributed by atoms with Crippen molar-refractivity contribution in [1.82, 2.24) is 0 Å². The molecule has 3 heteroatoms. The molecule has 1 rings (SSSR count). The minimum Gasteiger partial charge on any atom is -0.380 e. The molecule has 1 aliphatic heterocycles. The largest absolute Gasteiger partial charge is 0.380 e. The van der Waals surface area contributed by atoms with Gasteiger partial charge in [0.1, 0.15) is 0 Å². The van der Waals surface area contributed by atoms with Crippen molar-refractivity contribution in [2.24, 2.45) is 5.73 Å². The van der Waals surface area contributed by atoms with E-state index >= 15 is 0 Å². The van der Waals surface area contributed by atoms with Gasteiger partial charge < -0.3 is 10.5 Å². The zero-order valence-electron chi connectivity index (χ0n) is 7.79. The van der Waals surface area contributed by atoms with E-state index in [9.17, 15) is 0 Å². The topological polar surface area (TPSA) is 35.2 Å². The molecule has 0 saturated carbocycles. The number of hydrogen-bond donors (Lipinski definition) is 1. The van der Waals surface area contributed by atoms with Gasteiger partial charge in [-0.15, -0.1) is 0 Å². The highest BCUT2D eigenvalue weighted by molar-refractivity contribution is 8.00. The smallest absolute Gasteiger partial charge is 0.0585 e. The molecule has 1 saturated heterocycles. The Morgan fingerprint density at radius 2 is 2.50 bits per heavy atom. The van der Waals surface area contributed by atoms with Crippen LogP contribution in [0.3, 0.4) is 0 Å². The first-order valence-corrected chi connectivity index (χ1v) is 5.70. The van der Waals surface area contributed by atoms with Gasteiger partial charge in [-0.25, -0.2) is 0 Å². The van der Waals surface area contributed by atoms with Crippen LogP contribution in [-0.4, -0.2) is 30.3 Å². The van der Waals surface area contributed by atoms with Crippen LogP contribution in [-0.2, 0) is 4.74 Å². The van der Waals surface area contributed by atoms with Gasteiger partial charge in [0.25, 0.3) is 0 Å². The Morgan fingerprint density at radius 3 is 3.08 bits per heavy atom. The van der Waals surface area contributed by atoms with E-state index in [-0.39, 0.29) is 0 Å². The lowest BCUT2D eigenvalue weighted by atomic mass is 10.2. The molecule has 0 bridgehead atoms. The van der Waals surface area contributed by atoms with E-state index in [2.05, 4.69) is 6.92 Å². The zero-order chi connectivity index (χ0) is 8.81. The van der Waals surface area contributed by atoms with Gasteiger partial charge in [0.15, 0.2) is 0 Å². The molecule has 0 aliphatic carbocycles. The molecular weight excluding hydrogens is 170 g/mol. The van der Waals surface area contributed by atoms with Crippen LogP contribution in [0.4, 0.5) is 0 Å². The van der Waals surface area contributed by atoms with Crippen molar-refractivity contribution in [3.05, 3.63) is 0 Å². The molecule has 0 aromatic carbocycles. The van der Waals surface area contributed by atoms with E-state index in [1.54, 1.807) is 0 Å². The number of ether oxygens (including phenoxy) is 1. The van der Waals surface area contributed by atoms with E-state index in [1.165, 1.54) is 12.8 Å². The summed E-state index contributed by atoms with van der Waals surface area (Å²) in [6, 6.07) is 0. The molecule has 0 amide bonds. The maximum Gasteiger partial charge on any atom is 0.0585 e. The quantitative estimate of drug-likeness (QED) is 0.730. The van der Waals surface area contributed by atoms with Crippen LogP contribution in [0.1, 0.15) is 26.2 Å². The average molecular weight is 189 g/mol. The highest BCUT2D eigenvalue weighted by atomic mass is 32.2. The van der Waals surface area contributed by atoms with E-state index < -0.39 is 0 Å². The van der Waals surface area contributed by atoms with Crippen LogP contribution in [0.5, 0.6) is 0 Å². The first kappa shape index (κ1) is 10.4. The second-order valence-electron chi connectivity index (χ2n) is 3.36. The van der Waals surface area contributed by atoms with Gasteiger partial charge in [0, 0.05) is 17.1 Å². The van der Waals surface area contributed by atoms with Crippen molar-refractivity contribution in [1.29, 1.82) is 0 Å². The highest BCUT2D eigenvalue weighted by Gasteiger charge is 2.16. The lowest BCUT2D eigenvalue weighted by molar-refractivity contribution is 0.101. The molecule has 2 N–H and O–H groups in total. The molecule has 12 heavy (non-hydrogen) atoms. The van der Waals surface area contributed by atoms with Crippen molar-refractivity contribution in [3.8, 4) is 0 Å². The molecular formula is C9H19NOS. The van der Waals surface area contributed by atoms with Gasteiger partial charge in [-0.2, -0.15) is 11.8 Å². The molecule has 1 aliphatic rings. The second-order valence-corrected chi connectivity index (χ2v) is 5.11. The predicted octanol–water partition coefficient (Wildman–Crippen LogP) is 1.64. The maximum atomic E-state index is 5.49. The summed E-state index contributed by atoms with van der Waals surface area (Å²) in [6.07, 6.45) is 3.67. The third kappa shape index (κ3) is 3.78. The Balaban J connectivity index is 2.11. The summed E-state index contributed by atoms with van der Waals surface area (Å²) in [5.41, 5.74) is 5.49. The summed E-state index contributed by atoms with van der Waals surface area (Å²) in [5.74, 6) is 0. The Bertz CT molecular complexity index is 115. The van der Waals surface area contributed by atoms with Gasteiger partial charge in [-0.3, -0.25) is 0 Å². The first-order valence-electron chi connectivity index (χ1n) is 4.76. The zero-order valence-corrected chi connectivity index (χ0v) is 8.61. The van der Waals surface area contributed by atoms with Crippen LogP contribution in [0.15, 0.2) is 0 Å². The maximum absolute atomic E-state index is 5.49. The van der Waals surface area contributed by atoms with Crippen LogP contribution >= 0.6 is 11.8 Å². The fourth-order valence-electron chi connectivity index (χ4n) is 1.45. The predicted molar refractivity (Wildman–Crippen MR) is 54.6 cm³/mol. The standard InChI is InChI=1S/C9H19NOS/c1-8(4-5-10)12-9-3-2-6-11-7-9/h8-9H,2-7,10H2,1H3. The Morgan fingerprint density at radius 1 is 1.67 bits per heavy atom. The third-order valence-electron chi connectivity index (χ3n) is 2.12. The SMILES string of the molecule is CC(CCN)SC1CCCOC1. The van der Waals surface area contributed by atoms with Crippen LogP contribution in [0, 0.1) is 0 Å². The van der Waals surface area contributed by atoms with Crippen molar-refractivity contribution < 1.29 is 4.74 Å². The molecule has 0 aromatic heterocycles. The fraction of sp³-hybridized carbons (Fsp3) is 1.00. The Kier molecular flexibility index (Phi) is 5.04. The molecule has 72 valence electrons. The summed E-state index contributed by atoms with van der Waals surface area (Å²) >= 11 is 2.04. The van der Waals surface area contributed by atoms with Crippen LogP contribution in [0.25, 0.3) is 0 Å². The molecule has 2 atom stereocenters.